The number of hydrogen-bond acceptors (Lipinski definition) is 2. The molecule has 0 fully saturated rings. The van der Waals surface area contributed by atoms with Crippen molar-refractivity contribution >= 4 is 0 Å². The van der Waals surface area contributed by atoms with Crippen molar-refractivity contribution in [3.63, 3.8) is 0 Å². The predicted molar refractivity (Wildman–Crippen MR) is 50.7 cm³/mol. The van der Waals surface area contributed by atoms with Crippen molar-refractivity contribution in [2.45, 2.75) is 44.3 Å². The quantitative estimate of drug-likeness (QED) is 0.535. The monoisotopic (exact) mass is 178 g/mol. The van der Waals surface area contributed by atoms with Gasteiger partial charge >= 0.3 is 0 Å². The maximum absolute atomic E-state index is 9.27. The van der Waals surface area contributed by atoms with E-state index < -0.39 is 12.2 Å². The summed E-state index contributed by atoms with van der Waals surface area (Å²) in [7, 11) is 0. The van der Waals surface area contributed by atoms with Gasteiger partial charge in [0.2, 0.25) is 0 Å². The lowest BCUT2D eigenvalue weighted by atomic mass is 10.1. The van der Waals surface area contributed by atoms with Gasteiger partial charge in [-0.2, -0.15) is 0 Å². The van der Waals surface area contributed by atoms with E-state index in [9.17, 15) is 10.2 Å². The molecule has 0 saturated heterocycles. The lowest BCUT2D eigenvalue weighted by Gasteiger charge is -2.04. The van der Waals surface area contributed by atoms with E-state index >= 15 is 0 Å². The largest absolute Gasteiger partial charge is 0.377 e. The average molecular weight is 178 g/mol. The first-order chi connectivity index (χ1) is 6.30. The third kappa shape index (κ3) is 3.99. The number of aliphatic hydroxyl groups is 2. The van der Waals surface area contributed by atoms with Crippen LogP contribution < -0.4 is 0 Å². The second kappa shape index (κ2) is 5.65. The number of rotatable bonds is 0. The van der Waals surface area contributed by atoms with E-state index in [4.69, 9.17) is 0 Å². The smallest absolute Gasteiger partial charge is 0.151 e. The predicted octanol–water partition coefficient (Wildman–Crippen LogP) is 0.679. The second-order valence-corrected chi connectivity index (χ2v) is 3.09. The molecular weight excluding hydrogens is 164 g/mol. The maximum atomic E-state index is 9.27. The zero-order valence-electron chi connectivity index (χ0n) is 7.58. The van der Waals surface area contributed by atoms with Crippen LogP contribution in [0.25, 0.3) is 0 Å². The van der Waals surface area contributed by atoms with Gasteiger partial charge in [-0.05, 0) is 12.8 Å². The molecule has 0 spiro atoms. The molecule has 0 aliphatic heterocycles. The van der Waals surface area contributed by atoms with Crippen LogP contribution in [0, 0.1) is 23.7 Å². The molecule has 0 heterocycles. The molecule has 0 saturated carbocycles. The highest BCUT2D eigenvalue weighted by Gasteiger charge is 2.09. The summed E-state index contributed by atoms with van der Waals surface area (Å²) in [6, 6.07) is 0. The fourth-order valence-electron chi connectivity index (χ4n) is 1.11. The van der Waals surface area contributed by atoms with Crippen LogP contribution >= 0.6 is 0 Å². The summed E-state index contributed by atoms with van der Waals surface area (Å²) >= 11 is 0. The summed E-state index contributed by atoms with van der Waals surface area (Å²) in [4.78, 5) is 0. The fourth-order valence-corrected chi connectivity index (χ4v) is 1.11. The van der Waals surface area contributed by atoms with Crippen LogP contribution in [0.2, 0.25) is 0 Å². The highest BCUT2D eigenvalue weighted by atomic mass is 16.3. The summed E-state index contributed by atoms with van der Waals surface area (Å²) in [6.45, 7) is 0. The van der Waals surface area contributed by atoms with Gasteiger partial charge < -0.3 is 10.2 Å². The highest BCUT2D eigenvalue weighted by Crippen LogP contribution is 2.03. The Morgan fingerprint density at radius 2 is 1.23 bits per heavy atom. The SMILES string of the molecule is OC1C#CCCCCCC#C[C@@H]1O. The minimum absolute atomic E-state index is 0.795. The Labute approximate surface area is 79.0 Å². The molecule has 0 radical (unpaired) electrons. The van der Waals surface area contributed by atoms with Crippen molar-refractivity contribution in [3.05, 3.63) is 0 Å². The van der Waals surface area contributed by atoms with E-state index in [1.165, 1.54) is 0 Å². The molecule has 2 N–H and O–H groups in total. The Morgan fingerprint density at radius 1 is 0.769 bits per heavy atom. The van der Waals surface area contributed by atoms with Gasteiger partial charge in [-0.25, -0.2) is 0 Å². The van der Waals surface area contributed by atoms with Gasteiger partial charge in [-0.3, -0.25) is 0 Å². The van der Waals surface area contributed by atoms with Gasteiger partial charge in [0.1, 0.15) is 0 Å². The summed E-state index contributed by atoms with van der Waals surface area (Å²) < 4.78 is 0. The molecule has 2 heteroatoms. The molecule has 2 nitrogen and oxygen atoms in total. The van der Waals surface area contributed by atoms with E-state index in [1.54, 1.807) is 0 Å². The van der Waals surface area contributed by atoms with Crippen molar-refractivity contribution in [3.8, 4) is 23.7 Å². The standard InChI is InChI=1S/C11H14O2/c12-10-8-6-4-2-1-3-5-7-9-11(10)13/h10-13H,1-5H2/t10-,11?/m0/s1. The zero-order valence-corrected chi connectivity index (χ0v) is 7.58. The van der Waals surface area contributed by atoms with Crippen LogP contribution in [-0.2, 0) is 0 Å². The second-order valence-electron chi connectivity index (χ2n) is 3.09. The molecule has 0 amide bonds. The van der Waals surface area contributed by atoms with E-state index in [1.807, 2.05) is 0 Å². The Morgan fingerprint density at radius 3 is 1.69 bits per heavy atom. The molecule has 0 aromatic rings. The topological polar surface area (TPSA) is 40.5 Å². The molecule has 0 aromatic heterocycles. The number of hydrogen-bond donors (Lipinski definition) is 2. The Kier molecular flexibility index (Phi) is 4.40. The van der Waals surface area contributed by atoms with E-state index in [2.05, 4.69) is 23.7 Å². The van der Waals surface area contributed by atoms with E-state index in [0.29, 0.717) is 0 Å². The van der Waals surface area contributed by atoms with Crippen LogP contribution in [0.5, 0.6) is 0 Å². The molecule has 2 atom stereocenters. The van der Waals surface area contributed by atoms with Crippen LogP contribution in [0.3, 0.4) is 0 Å². The molecule has 13 heavy (non-hydrogen) atoms. The maximum Gasteiger partial charge on any atom is 0.151 e. The Hall–Kier alpha value is -0.960. The minimum atomic E-state index is -1.01. The first-order valence-electron chi connectivity index (χ1n) is 4.63. The van der Waals surface area contributed by atoms with Crippen molar-refractivity contribution in [1.29, 1.82) is 0 Å². The molecule has 1 aliphatic carbocycles. The lowest BCUT2D eigenvalue weighted by molar-refractivity contribution is 0.0931. The molecule has 1 aliphatic rings. The van der Waals surface area contributed by atoms with Gasteiger partial charge in [0.25, 0.3) is 0 Å². The van der Waals surface area contributed by atoms with Crippen molar-refractivity contribution in [2.75, 3.05) is 0 Å². The summed E-state index contributed by atoms with van der Waals surface area (Å²) in [5.74, 6) is 10.8. The Bertz CT molecular complexity index is 233. The molecule has 0 aromatic carbocycles. The number of aliphatic hydroxyl groups excluding tert-OH is 2. The first kappa shape index (κ1) is 10.1. The molecule has 1 rings (SSSR count). The molecular formula is C11H14O2. The molecule has 1 unspecified atom stereocenters. The summed E-state index contributed by atoms with van der Waals surface area (Å²) in [6.07, 6.45) is 2.80. The van der Waals surface area contributed by atoms with Gasteiger partial charge in [0.15, 0.2) is 12.2 Å². The first-order valence-corrected chi connectivity index (χ1v) is 4.63. The average Bonchev–Trinajstić information content (AvgIpc) is 2.16. The fraction of sp³-hybridized carbons (Fsp3) is 0.636. The van der Waals surface area contributed by atoms with Crippen LogP contribution in [0.1, 0.15) is 32.1 Å². The molecule has 70 valence electrons. The van der Waals surface area contributed by atoms with Gasteiger partial charge in [-0.1, -0.05) is 18.3 Å². The van der Waals surface area contributed by atoms with Gasteiger partial charge in [0, 0.05) is 12.8 Å². The lowest BCUT2D eigenvalue weighted by Crippen LogP contribution is -2.22. The van der Waals surface area contributed by atoms with Crippen LogP contribution in [0.4, 0.5) is 0 Å². The van der Waals surface area contributed by atoms with Crippen LogP contribution in [-0.4, -0.2) is 22.4 Å². The van der Waals surface area contributed by atoms with Crippen molar-refractivity contribution in [2.24, 2.45) is 0 Å². The Balaban J connectivity index is 2.59. The van der Waals surface area contributed by atoms with E-state index in [0.717, 1.165) is 32.1 Å². The highest BCUT2D eigenvalue weighted by molar-refractivity contribution is 5.16. The third-order valence-corrected chi connectivity index (χ3v) is 1.90. The van der Waals surface area contributed by atoms with Gasteiger partial charge in [0.05, 0.1) is 0 Å². The summed E-state index contributed by atoms with van der Waals surface area (Å²) in [5, 5.41) is 18.5. The summed E-state index contributed by atoms with van der Waals surface area (Å²) in [5.41, 5.74) is 0. The minimum Gasteiger partial charge on any atom is -0.377 e. The normalized spacial score (nSPS) is 28.8. The third-order valence-electron chi connectivity index (χ3n) is 1.90. The van der Waals surface area contributed by atoms with Gasteiger partial charge in [-0.15, -0.1) is 11.8 Å². The zero-order chi connectivity index (χ0) is 9.52. The van der Waals surface area contributed by atoms with Crippen molar-refractivity contribution in [1.82, 2.24) is 0 Å². The molecule has 0 bridgehead atoms. The van der Waals surface area contributed by atoms with Crippen molar-refractivity contribution < 1.29 is 10.2 Å². The van der Waals surface area contributed by atoms with Crippen LogP contribution in [0.15, 0.2) is 0 Å². The van der Waals surface area contributed by atoms with E-state index in [-0.39, 0.29) is 0 Å².